The lowest BCUT2D eigenvalue weighted by Gasteiger charge is -2.41. The molecule has 0 radical (unpaired) electrons. The number of ether oxygens (including phenoxy) is 2. The Morgan fingerprint density at radius 3 is 2.51 bits per heavy atom. The van der Waals surface area contributed by atoms with Gasteiger partial charge in [0.1, 0.15) is 17.8 Å². The number of rotatable bonds is 10. The second kappa shape index (κ2) is 12.1. The van der Waals surface area contributed by atoms with Crippen LogP contribution in [0.1, 0.15) is 55.3 Å². The summed E-state index contributed by atoms with van der Waals surface area (Å²) in [6, 6.07) is 16.3. The zero-order valence-electron chi connectivity index (χ0n) is 25.5. The number of fused-ring (bicyclic) bond motifs is 1. The molecular weight excluding hydrogens is 616 g/mol. The number of likely N-dealkylation sites (tertiary alicyclic amines) is 1. The van der Waals surface area contributed by atoms with Crippen LogP contribution in [0.5, 0.6) is 11.5 Å². The number of methoxy groups -OCH3 is 2. The number of oxazole rings is 1. The number of amides is 1. The first kappa shape index (κ1) is 31.1. The van der Waals surface area contributed by atoms with Crippen LogP contribution in [0.4, 0.5) is 5.69 Å². The van der Waals surface area contributed by atoms with Crippen LogP contribution in [-0.4, -0.2) is 51.0 Å². The molecule has 3 aromatic carbocycles. The number of sulfonamides is 1. The van der Waals surface area contributed by atoms with E-state index < -0.39 is 27.5 Å². The van der Waals surface area contributed by atoms with E-state index in [1.807, 2.05) is 23.1 Å². The van der Waals surface area contributed by atoms with Gasteiger partial charge in [-0.15, -0.1) is 0 Å². The van der Waals surface area contributed by atoms with Gasteiger partial charge in [0.05, 0.1) is 37.0 Å². The number of halogens is 1. The summed E-state index contributed by atoms with van der Waals surface area (Å²) in [5.74, 6) is 0.701. The molecule has 0 bridgehead atoms. The number of carbonyl (C=O) groups excluding carboxylic acids is 1. The maximum Gasteiger partial charge on any atom is 0.271 e. The summed E-state index contributed by atoms with van der Waals surface area (Å²) in [6.45, 7) is 5.09. The zero-order valence-corrected chi connectivity index (χ0v) is 27.1. The molecule has 4 aromatic rings. The molecule has 2 aliphatic heterocycles. The largest absolute Gasteiger partial charge is 0.497 e. The molecule has 1 amide bonds. The number of nitrogens with one attached hydrogen (secondary N) is 1. The monoisotopic (exact) mass is 650 g/mol. The minimum atomic E-state index is -4.40. The maximum absolute atomic E-state index is 15.4. The molecule has 236 valence electrons. The smallest absolute Gasteiger partial charge is 0.271 e. The van der Waals surface area contributed by atoms with Crippen LogP contribution < -0.4 is 19.1 Å². The van der Waals surface area contributed by atoms with Gasteiger partial charge in [-0.1, -0.05) is 31.5 Å². The van der Waals surface area contributed by atoms with Gasteiger partial charge in [0.2, 0.25) is 5.89 Å². The Labute approximate surface area is 268 Å². The van der Waals surface area contributed by atoms with Gasteiger partial charge in [0, 0.05) is 35.3 Å². The van der Waals surface area contributed by atoms with Crippen molar-refractivity contribution in [2.24, 2.45) is 0 Å². The van der Waals surface area contributed by atoms with Gasteiger partial charge in [-0.2, -0.15) is 0 Å². The van der Waals surface area contributed by atoms with Gasteiger partial charge in [-0.3, -0.25) is 9.69 Å². The highest BCUT2D eigenvalue weighted by molar-refractivity contribution is 7.93. The van der Waals surface area contributed by atoms with E-state index in [1.165, 1.54) is 32.6 Å². The second-order valence-corrected chi connectivity index (χ2v) is 13.6. The van der Waals surface area contributed by atoms with Crippen molar-refractivity contribution >= 4 is 33.2 Å². The summed E-state index contributed by atoms with van der Waals surface area (Å²) in [5, 5.41) is 3.79. The third kappa shape index (κ3) is 5.17. The first-order valence-corrected chi connectivity index (χ1v) is 16.6. The Kier molecular flexibility index (Phi) is 8.38. The van der Waals surface area contributed by atoms with E-state index in [1.54, 1.807) is 36.5 Å². The molecule has 6 rings (SSSR count). The molecule has 1 aromatic heterocycles. The Morgan fingerprint density at radius 2 is 1.84 bits per heavy atom. The minimum Gasteiger partial charge on any atom is -0.497 e. The van der Waals surface area contributed by atoms with Crippen molar-refractivity contribution in [3.8, 4) is 11.5 Å². The molecule has 12 heteroatoms. The molecule has 1 saturated heterocycles. The molecule has 45 heavy (non-hydrogen) atoms. The first-order chi connectivity index (χ1) is 21.6. The van der Waals surface area contributed by atoms with Gasteiger partial charge in [-0.25, -0.2) is 17.7 Å². The first-order valence-electron chi connectivity index (χ1n) is 14.7. The Balaban J connectivity index is 1.65. The van der Waals surface area contributed by atoms with E-state index in [9.17, 15) is 8.42 Å². The molecule has 0 spiro atoms. The number of nitrogens with zero attached hydrogens (tertiary/aromatic N) is 3. The van der Waals surface area contributed by atoms with Crippen LogP contribution in [0.15, 0.2) is 82.4 Å². The highest BCUT2D eigenvalue weighted by Gasteiger charge is 2.62. The highest BCUT2D eigenvalue weighted by Crippen LogP contribution is 2.56. The van der Waals surface area contributed by atoms with E-state index in [0.717, 1.165) is 16.3 Å². The van der Waals surface area contributed by atoms with Crippen molar-refractivity contribution in [3.63, 3.8) is 0 Å². The van der Waals surface area contributed by atoms with Crippen LogP contribution in [0.25, 0.3) is 0 Å². The standard InChI is InChI=1S/C33H35ClN4O6S/c1-21(2)36-20-22-7-14-30(43-4)27(18-22)33(37-16-5-6-29(37)31-35-15-17-44-31)26-19-23(34)8-13-28(26)38(32(33)39)45(40,41)25-11-9-24(42-3)10-12-25/h7-15,17-19,21,29,36H,5-6,16,20H2,1-4H3. The van der Waals surface area contributed by atoms with Gasteiger partial charge in [0.25, 0.3) is 15.9 Å². The fraction of sp³-hybridized carbons (Fsp3) is 0.333. The maximum atomic E-state index is 15.4. The molecule has 1 N–H and O–H groups in total. The quantitative estimate of drug-likeness (QED) is 0.232. The van der Waals surface area contributed by atoms with Gasteiger partial charge >= 0.3 is 0 Å². The molecule has 1 fully saturated rings. The van der Waals surface area contributed by atoms with Crippen molar-refractivity contribution < 1.29 is 27.1 Å². The average Bonchev–Trinajstić information content (AvgIpc) is 3.79. The molecule has 0 aliphatic carbocycles. The summed E-state index contributed by atoms with van der Waals surface area (Å²) in [6.07, 6.45) is 4.44. The summed E-state index contributed by atoms with van der Waals surface area (Å²) >= 11 is 6.65. The molecular formula is C33H35ClN4O6S. The zero-order chi connectivity index (χ0) is 31.9. The Hall–Kier alpha value is -3.90. The van der Waals surface area contributed by atoms with Crippen molar-refractivity contribution in [1.29, 1.82) is 0 Å². The molecule has 0 saturated carbocycles. The van der Waals surface area contributed by atoms with Gasteiger partial charge in [-0.05, 0) is 73.0 Å². The Morgan fingerprint density at radius 1 is 1.07 bits per heavy atom. The summed E-state index contributed by atoms with van der Waals surface area (Å²) in [7, 11) is -1.36. The predicted octanol–water partition coefficient (Wildman–Crippen LogP) is 5.66. The minimum absolute atomic E-state index is 0.0547. The van der Waals surface area contributed by atoms with Gasteiger partial charge in [0.15, 0.2) is 5.54 Å². The van der Waals surface area contributed by atoms with Crippen molar-refractivity contribution in [3.05, 3.63) is 101 Å². The number of aromatic nitrogens is 1. The van der Waals surface area contributed by atoms with Crippen molar-refractivity contribution in [2.75, 3.05) is 25.1 Å². The lowest BCUT2D eigenvalue weighted by molar-refractivity contribution is -0.127. The predicted molar refractivity (Wildman–Crippen MR) is 170 cm³/mol. The van der Waals surface area contributed by atoms with E-state index in [4.69, 9.17) is 25.5 Å². The SMILES string of the molecule is COc1ccc(S(=O)(=O)N2C(=O)C(c3cc(CNC(C)C)ccc3OC)(N3CCCC3c3ncco3)c3cc(Cl)ccc32)cc1. The van der Waals surface area contributed by atoms with Crippen LogP contribution in [0.2, 0.25) is 5.02 Å². The fourth-order valence-corrected chi connectivity index (χ4v) is 8.06. The van der Waals surface area contributed by atoms with Crippen LogP contribution >= 0.6 is 11.6 Å². The van der Waals surface area contributed by atoms with E-state index in [2.05, 4.69) is 24.1 Å². The van der Waals surface area contributed by atoms with Crippen molar-refractivity contribution in [1.82, 2.24) is 15.2 Å². The summed E-state index contributed by atoms with van der Waals surface area (Å²) in [5.41, 5.74) is 0.397. The second-order valence-electron chi connectivity index (χ2n) is 11.4. The Bertz CT molecular complexity index is 1810. The summed E-state index contributed by atoms with van der Waals surface area (Å²) < 4.78 is 46.8. The van der Waals surface area contributed by atoms with E-state index in [0.29, 0.717) is 53.0 Å². The number of hydrogen-bond donors (Lipinski definition) is 1. The number of carbonyl (C=O) groups is 1. The number of benzene rings is 3. The van der Waals surface area contributed by atoms with E-state index in [-0.39, 0.29) is 16.6 Å². The lowest BCUT2D eigenvalue weighted by Crippen LogP contribution is -2.54. The molecule has 2 atom stereocenters. The average molecular weight is 651 g/mol. The third-order valence-electron chi connectivity index (χ3n) is 8.45. The van der Waals surface area contributed by atoms with Crippen molar-refractivity contribution in [2.45, 2.75) is 55.8 Å². The number of hydrogen-bond acceptors (Lipinski definition) is 9. The molecule has 2 unspecified atom stereocenters. The molecule has 3 heterocycles. The number of anilines is 1. The van der Waals surface area contributed by atoms with Gasteiger partial charge < -0.3 is 19.2 Å². The lowest BCUT2D eigenvalue weighted by atomic mass is 9.80. The van der Waals surface area contributed by atoms with Crippen LogP contribution in [-0.2, 0) is 26.9 Å². The molecule has 2 aliphatic rings. The summed E-state index contributed by atoms with van der Waals surface area (Å²) in [4.78, 5) is 21.8. The topological polar surface area (TPSA) is 114 Å². The fourth-order valence-electron chi connectivity index (χ4n) is 6.42. The normalized spacial score (nSPS) is 20.2. The van der Waals surface area contributed by atoms with Crippen LogP contribution in [0.3, 0.4) is 0 Å². The molecule has 10 nitrogen and oxygen atoms in total. The third-order valence-corrected chi connectivity index (χ3v) is 10.4. The van der Waals surface area contributed by atoms with E-state index >= 15 is 4.79 Å². The highest BCUT2D eigenvalue weighted by atomic mass is 35.5. The van der Waals surface area contributed by atoms with Crippen LogP contribution in [0, 0.1) is 0 Å².